The number of nitro groups is 2. The number of fused-ring (bicyclic) bond motifs is 2. The zero-order chi connectivity index (χ0) is 27.8. The Kier molecular flexibility index (Phi) is 13.8. The summed E-state index contributed by atoms with van der Waals surface area (Å²) in [5, 5.41) is 21.1. The molecule has 6 rings (SSSR count). The van der Waals surface area contributed by atoms with Crippen molar-refractivity contribution < 1.29 is 64.1 Å². The molecule has 14 heteroatoms. The monoisotopic (exact) mass is 564 g/mol. The molecule has 0 amide bonds. The van der Waals surface area contributed by atoms with Gasteiger partial charge in [0.25, 0.3) is 11.4 Å². The van der Waals surface area contributed by atoms with E-state index in [9.17, 15) is 20.2 Å². The van der Waals surface area contributed by atoms with E-state index in [0.29, 0.717) is 0 Å². The zero-order valence-corrected chi connectivity index (χ0v) is 24.3. The van der Waals surface area contributed by atoms with Crippen LogP contribution in [0, 0.1) is 49.8 Å². The number of piperidine rings is 2. The second kappa shape index (κ2) is 16.0. The summed E-state index contributed by atoms with van der Waals surface area (Å²) in [5.41, 5.74) is 2.58. The van der Waals surface area contributed by atoms with Gasteiger partial charge in [0.05, 0.1) is 9.85 Å². The second-order valence-corrected chi connectivity index (χ2v) is 9.68. The van der Waals surface area contributed by atoms with Crippen LogP contribution in [0.15, 0.2) is 48.5 Å². The van der Waals surface area contributed by atoms with Gasteiger partial charge in [0.2, 0.25) is 0 Å². The maximum Gasteiger partial charge on any atom is 1.00 e. The SMILES string of the molecule is CCC1C2CN(c3ccc([N+](=O)[O-])cc3)CC12.O=C=O.O=C=O.O=[N+]([O-])c1ccc(N2CC3CC3C2)cc1.[Na+].[OH-]. The minimum Gasteiger partial charge on any atom is -0.870 e. The summed E-state index contributed by atoms with van der Waals surface area (Å²) in [5.74, 6) is 4.45. The van der Waals surface area contributed by atoms with Gasteiger partial charge in [0, 0.05) is 61.8 Å². The van der Waals surface area contributed by atoms with Crippen LogP contribution >= 0.6 is 0 Å². The van der Waals surface area contributed by atoms with Crippen molar-refractivity contribution in [2.45, 2.75) is 19.8 Å². The number of nitro benzene ring substituents is 2. The number of benzene rings is 2. The Morgan fingerprint density at radius 3 is 1.35 bits per heavy atom. The van der Waals surface area contributed by atoms with Crippen molar-refractivity contribution in [2.75, 3.05) is 36.0 Å². The molecule has 208 valence electrons. The van der Waals surface area contributed by atoms with Crippen LogP contribution in [0.4, 0.5) is 22.7 Å². The van der Waals surface area contributed by atoms with Crippen LogP contribution in [0.25, 0.3) is 0 Å². The summed E-state index contributed by atoms with van der Waals surface area (Å²) in [6.07, 6.45) is 3.17. The van der Waals surface area contributed by atoms with Crippen LogP contribution in [-0.2, 0) is 19.2 Å². The fraction of sp³-hybridized carbons (Fsp3) is 0.462. The fourth-order valence-corrected chi connectivity index (χ4v) is 5.65. The maximum atomic E-state index is 10.6. The topological polar surface area (TPSA) is 191 Å². The van der Waals surface area contributed by atoms with Crippen molar-refractivity contribution in [1.82, 2.24) is 0 Å². The Hall–Kier alpha value is -3.44. The largest absolute Gasteiger partial charge is 1.00 e. The molecule has 2 aliphatic heterocycles. The van der Waals surface area contributed by atoms with Gasteiger partial charge in [-0.05, 0) is 60.3 Å². The van der Waals surface area contributed by atoms with Crippen molar-refractivity contribution in [3.63, 3.8) is 0 Å². The normalized spacial score (nSPS) is 23.6. The van der Waals surface area contributed by atoms with E-state index < -0.39 is 0 Å². The van der Waals surface area contributed by atoms with Gasteiger partial charge in [-0.25, -0.2) is 0 Å². The van der Waals surface area contributed by atoms with Gasteiger partial charge < -0.3 is 15.3 Å². The van der Waals surface area contributed by atoms with E-state index in [-0.39, 0.29) is 68.6 Å². The third-order valence-electron chi connectivity index (χ3n) is 7.67. The summed E-state index contributed by atoms with van der Waals surface area (Å²) in [6.45, 7) is 6.77. The molecule has 2 saturated heterocycles. The number of rotatable bonds is 5. The molecule has 4 atom stereocenters. The molecular weight excluding hydrogens is 535 g/mol. The smallest absolute Gasteiger partial charge is 0.870 e. The predicted octanol–water partition coefficient (Wildman–Crippen LogP) is 0.398. The molecule has 0 spiro atoms. The van der Waals surface area contributed by atoms with Gasteiger partial charge in [-0.15, -0.1) is 0 Å². The third-order valence-corrected chi connectivity index (χ3v) is 7.67. The number of non-ortho nitro benzene ring substituents is 2. The van der Waals surface area contributed by atoms with Crippen LogP contribution in [0.5, 0.6) is 0 Å². The van der Waals surface area contributed by atoms with Crippen molar-refractivity contribution >= 4 is 35.1 Å². The molecule has 1 N–H and O–H groups in total. The molecule has 0 radical (unpaired) electrons. The first-order valence-corrected chi connectivity index (χ1v) is 12.2. The maximum absolute atomic E-state index is 10.6. The van der Waals surface area contributed by atoms with Crippen LogP contribution in [0.1, 0.15) is 19.8 Å². The fourth-order valence-electron chi connectivity index (χ4n) is 5.65. The summed E-state index contributed by atoms with van der Waals surface area (Å²) >= 11 is 0. The van der Waals surface area contributed by atoms with Gasteiger partial charge in [-0.2, -0.15) is 19.2 Å². The first-order chi connectivity index (χ1) is 18.3. The van der Waals surface area contributed by atoms with E-state index in [4.69, 9.17) is 19.2 Å². The van der Waals surface area contributed by atoms with Crippen molar-refractivity contribution in [3.05, 3.63) is 68.8 Å². The Morgan fingerprint density at radius 2 is 1.05 bits per heavy atom. The van der Waals surface area contributed by atoms with E-state index in [0.717, 1.165) is 67.1 Å². The Labute approximate surface area is 252 Å². The van der Waals surface area contributed by atoms with Crippen LogP contribution in [-0.4, -0.2) is 53.8 Å². The van der Waals surface area contributed by atoms with E-state index >= 15 is 0 Å². The molecular formula is C26H29N4NaO9. The molecule has 4 unspecified atom stereocenters. The minimum atomic E-state index is -0.356. The van der Waals surface area contributed by atoms with Gasteiger partial charge in [-0.1, -0.05) is 13.3 Å². The number of carbonyl (C=O) groups excluding carboxylic acids is 4. The number of hydrogen-bond donors (Lipinski definition) is 0. The number of anilines is 2. The molecule has 0 bridgehead atoms. The molecule has 40 heavy (non-hydrogen) atoms. The second-order valence-electron chi connectivity index (χ2n) is 9.68. The predicted molar refractivity (Wildman–Crippen MR) is 135 cm³/mol. The molecule has 0 aromatic heterocycles. The van der Waals surface area contributed by atoms with Gasteiger partial charge in [-0.3, -0.25) is 20.2 Å². The third kappa shape index (κ3) is 8.79. The Morgan fingerprint density at radius 1 is 0.725 bits per heavy atom. The summed E-state index contributed by atoms with van der Waals surface area (Å²) in [7, 11) is 0. The molecule has 2 heterocycles. The van der Waals surface area contributed by atoms with Crippen LogP contribution < -0.4 is 39.4 Å². The zero-order valence-electron chi connectivity index (χ0n) is 22.3. The van der Waals surface area contributed by atoms with Crippen molar-refractivity contribution in [3.8, 4) is 0 Å². The molecule has 2 aromatic rings. The van der Waals surface area contributed by atoms with Crippen LogP contribution in [0.3, 0.4) is 0 Å². The van der Waals surface area contributed by atoms with Gasteiger partial charge in [0.15, 0.2) is 0 Å². The molecule has 4 aliphatic rings. The molecule has 2 saturated carbocycles. The molecule has 2 aromatic carbocycles. The molecule has 2 aliphatic carbocycles. The standard InChI is InChI=1S/C13H16N2O2.C11H12N2O2.2CO2.Na.H2O/c1-2-11-12-7-14(8-13(11)12)9-3-5-10(6-4-9)15(16)17;14-13(15)11-3-1-10(2-4-11)12-6-8-5-9(8)7-12;2*2-1-3;;/h3-6,11-13H,2,7-8H2,1H3;1-4,8-9H,5-7H2;;;;1H2/q;;;;+1;/p-1. The van der Waals surface area contributed by atoms with Gasteiger partial charge >= 0.3 is 41.9 Å². The first kappa shape index (κ1) is 34.6. The first-order valence-electron chi connectivity index (χ1n) is 12.2. The summed E-state index contributed by atoms with van der Waals surface area (Å²) in [4.78, 5) is 57.5. The van der Waals surface area contributed by atoms with E-state index in [1.165, 1.54) is 12.8 Å². The van der Waals surface area contributed by atoms with Crippen molar-refractivity contribution in [2.24, 2.45) is 29.6 Å². The minimum absolute atomic E-state index is 0. The van der Waals surface area contributed by atoms with E-state index in [2.05, 4.69) is 16.7 Å². The van der Waals surface area contributed by atoms with Crippen molar-refractivity contribution in [1.29, 1.82) is 0 Å². The number of nitrogens with zero attached hydrogens (tertiary/aromatic N) is 4. The summed E-state index contributed by atoms with van der Waals surface area (Å²) < 4.78 is 0. The Bertz CT molecular complexity index is 1170. The quantitative estimate of drug-likeness (QED) is 0.277. The average Bonchev–Trinajstić information content (AvgIpc) is 3.69. The van der Waals surface area contributed by atoms with Gasteiger partial charge in [0.1, 0.15) is 0 Å². The number of hydrogen-bond acceptors (Lipinski definition) is 11. The Balaban J connectivity index is 0.000000323. The average molecular weight is 565 g/mol. The molecule has 4 fully saturated rings. The van der Waals surface area contributed by atoms with Crippen LogP contribution in [0.2, 0.25) is 0 Å². The van der Waals surface area contributed by atoms with E-state index in [1.807, 2.05) is 24.3 Å². The van der Waals surface area contributed by atoms with E-state index in [1.54, 1.807) is 24.3 Å². The molecule has 13 nitrogen and oxygen atoms in total. The summed E-state index contributed by atoms with van der Waals surface area (Å²) in [6, 6.07) is 13.8.